The van der Waals surface area contributed by atoms with Crippen LogP contribution in [0.5, 0.6) is 0 Å². The second-order valence-electron chi connectivity index (χ2n) is 2.12. The normalized spacial score (nSPS) is 9.45. The first-order valence-corrected chi connectivity index (χ1v) is 5.72. The number of hydrogen-bond acceptors (Lipinski definition) is 0. The van der Waals surface area contributed by atoms with Crippen LogP contribution in [0.3, 0.4) is 0 Å². The van der Waals surface area contributed by atoms with E-state index >= 15 is 0 Å². The van der Waals surface area contributed by atoms with E-state index in [0.717, 1.165) is 11.2 Å². The molecule has 0 N–H and O–H groups in total. The molecule has 0 aromatic rings. The molecule has 0 spiro atoms. The maximum absolute atomic E-state index is 5.38. The van der Waals surface area contributed by atoms with Gasteiger partial charge >= 0.3 is 0 Å². The number of halogens is 2. The Labute approximate surface area is 84.1 Å². The second kappa shape index (κ2) is 16.9. The molecule has 11 heavy (non-hydrogen) atoms. The third-order valence-electron chi connectivity index (χ3n) is 1.06. The zero-order chi connectivity index (χ0) is 8.95. The molecule has 0 amide bonds. The van der Waals surface area contributed by atoms with Crippen molar-refractivity contribution in [2.75, 3.05) is 11.2 Å². The molecule has 0 aliphatic carbocycles. The molecule has 0 nitrogen and oxygen atoms in total. The molecule has 0 aromatic heterocycles. The number of allylic oxidation sites excluding steroid dienone is 2. The summed E-state index contributed by atoms with van der Waals surface area (Å²) in [4.78, 5) is 0. The van der Waals surface area contributed by atoms with Gasteiger partial charge in [0.15, 0.2) is 0 Å². The van der Waals surface area contributed by atoms with E-state index < -0.39 is 0 Å². The van der Waals surface area contributed by atoms with Crippen molar-refractivity contribution in [1.29, 1.82) is 0 Å². The van der Waals surface area contributed by atoms with Crippen molar-refractivity contribution in [1.82, 2.24) is 0 Å². The number of alkyl halides is 2. The summed E-state index contributed by atoms with van der Waals surface area (Å²) in [6.45, 7) is 4.17. The monoisotopic (exact) mass is 240 g/mol. The first kappa shape index (κ1) is 14.1. The van der Waals surface area contributed by atoms with Gasteiger partial charge < -0.3 is 0 Å². The quantitative estimate of drug-likeness (QED) is 0.389. The zero-order valence-electron chi connectivity index (χ0n) is 7.45. The van der Waals surface area contributed by atoms with Crippen molar-refractivity contribution >= 4 is 27.5 Å². The molecule has 2 heteroatoms. The van der Waals surface area contributed by atoms with Gasteiger partial charge in [-0.15, -0.1) is 11.6 Å². The molecule has 0 aromatic carbocycles. The van der Waals surface area contributed by atoms with Crippen LogP contribution in [-0.4, -0.2) is 11.2 Å². The van der Waals surface area contributed by atoms with Crippen LogP contribution in [0.1, 0.15) is 33.1 Å². The predicted octanol–water partition coefficient (Wildman–Crippen LogP) is 4.37. The molecule has 0 fully saturated rings. The molecule has 68 valence electrons. The Morgan fingerprint density at radius 3 is 2.09 bits per heavy atom. The van der Waals surface area contributed by atoms with Crippen molar-refractivity contribution in [2.24, 2.45) is 0 Å². The third kappa shape index (κ3) is 25.1. The SMILES string of the molecule is CC=CCBr.CCCCCCl. The fourth-order valence-corrected chi connectivity index (χ4v) is 0.996. The Morgan fingerprint density at radius 2 is 2.00 bits per heavy atom. The van der Waals surface area contributed by atoms with Crippen LogP contribution >= 0.6 is 27.5 Å². The lowest BCUT2D eigenvalue weighted by Gasteiger charge is -1.84. The molecule has 0 heterocycles. The van der Waals surface area contributed by atoms with Crippen LogP contribution in [0.15, 0.2) is 12.2 Å². The smallest absolute Gasteiger partial charge is 0.0223 e. The lowest BCUT2D eigenvalue weighted by atomic mass is 10.3. The summed E-state index contributed by atoms with van der Waals surface area (Å²) in [5.41, 5.74) is 0. The molecular weight excluding hydrogens is 223 g/mol. The van der Waals surface area contributed by atoms with E-state index in [1.54, 1.807) is 0 Å². The Balaban J connectivity index is 0. The van der Waals surface area contributed by atoms with Gasteiger partial charge in [-0.25, -0.2) is 0 Å². The van der Waals surface area contributed by atoms with Crippen LogP contribution in [0.4, 0.5) is 0 Å². The average Bonchev–Trinajstić information content (AvgIpc) is 2.04. The fraction of sp³-hybridized carbons (Fsp3) is 0.778. The van der Waals surface area contributed by atoms with Gasteiger partial charge in [0, 0.05) is 11.2 Å². The Hall–Kier alpha value is 0.510. The highest BCUT2D eigenvalue weighted by Gasteiger charge is 1.76. The topological polar surface area (TPSA) is 0 Å². The first-order valence-electron chi connectivity index (χ1n) is 4.06. The van der Waals surface area contributed by atoms with Gasteiger partial charge in [0.05, 0.1) is 0 Å². The molecule has 0 saturated carbocycles. The Morgan fingerprint density at radius 1 is 1.36 bits per heavy atom. The maximum Gasteiger partial charge on any atom is 0.0223 e. The highest BCUT2D eigenvalue weighted by molar-refractivity contribution is 9.09. The fourth-order valence-electron chi connectivity index (χ4n) is 0.434. The molecule has 0 unspecified atom stereocenters. The summed E-state index contributed by atoms with van der Waals surface area (Å²) >= 11 is 8.60. The summed E-state index contributed by atoms with van der Waals surface area (Å²) in [5.74, 6) is 0.827. The van der Waals surface area contributed by atoms with Crippen molar-refractivity contribution < 1.29 is 0 Å². The number of hydrogen-bond donors (Lipinski definition) is 0. The van der Waals surface area contributed by atoms with Crippen LogP contribution in [0.2, 0.25) is 0 Å². The molecule has 0 radical (unpaired) electrons. The van der Waals surface area contributed by atoms with Gasteiger partial charge in [-0.05, 0) is 13.3 Å². The van der Waals surface area contributed by atoms with E-state index in [4.69, 9.17) is 11.6 Å². The molecular formula is C9H18BrCl. The van der Waals surface area contributed by atoms with Gasteiger partial charge in [-0.1, -0.05) is 47.8 Å². The van der Waals surface area contributed by atoms with E-state index in [2.05, 4.69) is 22.9 Å². The van der Waals surface area contributed by atoms with Crippen molar-refractivity contribution in [3.05, 3.63) is 12.2 Å². The summed E-state index contributed by atoms with van der Waals surface area (Å²) < 4.78 is 0. The van der Waals surface area contributed by atoms with Gasteiger partial charge in [0.25, 0.3) is 0 Å². The minimum absolute atomic E-state index is 0.827. The average molecular weight is 242 g/mol. The largest absolute Gasteiger partial charge is 0.127 e. The Kier molecular flexibility index (Phi) is 21.5. The van der Waals surface area contributed by atoms with Gasteiger partial charge in [0.1, 0.15) is 0 Å². The van der Waals surface area contributed by atoms with Crippen molar-refractivity contribution in [3.63, 3.8) is 0 Å². The highest BCUT2D eigenvalue weighted by Crippen LogP contribution is 1.93. The van der Waals surface area contributed by atoms with Gasteiger partial charge in [-0.2, -0.15) is 0 Å². The maximum atomic E-state index is 5.38. The minimum Gasteiger partial charge on any atom is -0.127 e. The van der Waals surface area contributed by atoms with Gasteiger partial charge in [-0.3, -0.25) is 0 Å². The van der Waals surface area contributed by atoms with Crippen molar-refractivity contribution in [2.45, 2.75) is 33.1 Å². The predicted molar refractivity (Wildman–Crippen MR) is 58.9 cm³/mol. The van der Waals surface area contributed by atoms with Gasteiger partial charge in [0.2, 0.25) is 0 Å². The Bertz CT molecular complexity index is 68.0. The van der Waals surface area contributed by atoms with Crippen LogP contribution in [-0.2, 0) is 0 Å². The molecule has 0 aliphatic rings. The molecule has 0 atom stereocenters. The molecule has 0 aliphatic heterocycles. The molecule has 0 saturated heterocycles. The highest BCUT2D eigenvalue weighted by atomic mass is 79.9. The van der Waals surface area contributed by atoms with E-state index in [1.807, 2.05) is 19.1 Å². The summed E-state index contributed by atoms with van der Waals surface area (Å²) in [6, 6.07) is 0. The number of unbranched alkanes of at least 4 members (excludes halogenated alkanes) is 2. The minimum atomic E-state index is 0.827. The summed E-state index contributed by atoms with van der Waals surface area (Å²) in [7, 11) is 0. The molecule has 0 rings (SSSR count). The van der Waals surface area contributed by atoms with Crippen LogP contribution in [0.25, 0.3) is 0 Å². The summed E-state index contributed by atoms with van der Waals surface area (Å²) in [5, 5.41) is 0.976. The zero-order valence-corrected chi connectivity index (χ0v) is 9.79. The van der Waals surface area contributed by atoms with E-state index in [1.165, 1.54) is 19.3 Å². The third-order valence-corrected chi connectivity index (χ3v) is 1.70. The van der Waals surface area contributed by atoms with E-state index in [9.17, 15) is 0 Å². The van der Waals surface area contributed by atoms with E-state index in [0.29, 0.717) is 0 Å². The standard InChI is InChI=1S/C5H11Cl.C4H7Br/c1-2-3-4-5-6;1-2-3-4-5/h2-5H2,1H3;2-3H,4H2,1H3. The first-order chi connectivity index (χ1) is 5.33. The van der Waals surface area contributed by atoms with Crippen LogP contribution < -0.4 is 0 Å². The number of rotatable bonds is 4. The lowest BCUT2D eigenvalue weighted by molar-refractivity contribution is 0.776. The lowest BCUT2D eigenvalue weighted by Crippen LogP contribution is -1.70. The summed E-state index contributed by atoms with van der Waals surface area (Å²) in [6.07, 6.45) is 7.78. The molecule has 0 bridgehead atoms. The van der Waals surface area contributed by atoms with E-state index in [-0.39, 0.29) is 0 Å². The second-order valence-corrected chi connectivity index (χ2v) is 3.14. The van der Waals surface area contributed by atoms with Crippen LogP contribution in [0, 0.1) is 0 Å². The van der Waals surface area contributed by atoms with Crippen molar-refractivity contribution in [3.8, 4) is 0 Å².